The first kappa shape index (κ1) is 22.5. The average Bonchev–Trinajstić information content (AvgIpc) is 2.73. The van der Waals surface area contributed by atoms with Gasteiger partial charge in [0.15, 0.2) is 6.04 Å². The summed E-state index contributed by atoms with van der Waals surface area (Å²) in [5.41, 5.74) is 12.6. The second-order valence-electron chi connectivity index (χ2n) is 6.31. The fourth-order valence-electron chi connectivity index (χ4n) is 2.55. The molecule has 0 aliphatic rings. The number of carbonyl (C=O) groups excluding carboxylic acids is 3. The standard InChI is InChI=1S/C20H24N6O4/c1-2-30-16(27)10-15(13-4-3-9-24-11-13)26-20(29)17(21)19(28)25-14-7-5-12(6-8-14)18(22)23/h3-9,11,15,17H,2,10,21H2,1H3,(H3,22,23)(H,25,28)(H,26,29). The fraction of sp³-hybridized carbons (Fsp3) is 0.250. The van der Waals surface area contributed by atoms with Crippen molar-refractivity contribution in [3.8, 4) is 0 Å². The molecule has 0 bridgehead atoms. The summed E-state index contributed by atoms with van der Waals surface area (Å²) in [4.78, 5) is 40.8. The van der Waals surface area contributed by atoms with Gasteiger partial charge in [0.25, 0.3) is 5.91 Å². The minimum atomic E-state index is -1.51. The maximum atomic E-state index is 12.5. The molecule has 30 heavy (non-hydrogen) atoms. The van der Waals surface area contributed by atoms with Crippen molar-refractivity contribution in [2.75, 3.05) is 11.9 Å². The van der Waals surface area contributed by atoms with Crippen molar-refractivity contribution in [2.45, 2.75) is 25.4 Å². The van der Waals surface area contributed by atoms with Gasteiger partial charge in [-0.1, -0.05) is 6.07 Å². The largest absolute Gasteiger partial charge is 0.466 e. The number of nitrogens with one attached hydrogen (secondary N) is 3. The van der Waals surface area contributed by atoms with Gasteiger partial charge in [0.1, 0.15) is 5.84 Å². The predicted molar refractivity (Wildman–Crippen MR) is 110 cm³/mol. The number of nitrogens with two attached hydrogens (primary N) is 2. The Kier molecular flexibility index (Phi) is 8.00. The number of benzene rings is 1. The Labute approximate surface area is 173 Å². The summed E-state index contributed by atoms with van der Waals surface area (Å²) < 4.78 is 4.94. The highest BCUT2D eigenvalue weighted by atomic mass is 16.5. The third-order valence-electron chi connectivity index (χ3n) is 4.11. The summed E-state index contributed by atoms with van der Waals surface area (Å²) in [7, 11) is 0. The van der Waals surface area contributed by atoms with Crippen LogP contribution in [-0.4, -0.2) is 41.3 Å². The number of ether oxygens (including phenoxy) is 1. The fourth-order valence-corrected chi connectivity index (χ4v) is 2.55. The molecular formula is C20H24N6O4. The Hall–Kier alpha value is -3.79. The van der Waals surface area contributed by atoms with Gasteiger partial charge in [-0.15, -0.1) is 0 Å². The summed E-state index contributed by atoms with van der Waals surface area (Å²) in [6, 6.07) is 7.29. The van der Waals surface area contributed by atoms with E-state index in [2.05, 4.69) is 15.6 Å². The predicted octanol–water partition coefficient (Wildman–Crippen LogP) is 0.442. The zero-order valence-electron chi connectivity index (χ0n) is 16.4. The Bertz CT molecular complexity index is 901. The quantitative estimate of drug-likeness (QED) is 0.172. The molecule has 2 amide bonds. The molecule has 1 heterocycles. The molecule has 10 heteroatoms. The molecule has 2 aromatic rings. The highest BCUT2D eigenvalue weighted by Gasteiger charge is 2.27. The lowest BCUT2D eigenvalue weighted by Crippen LogP contribution is -2.49. The molecule has 10 nitrogen and oxygen atoms in total. The number of anilines is 1. The van der Waals surface area contributed by atoms with E-state index in [4.69, 9.17) is 21.6 Å². The second-order valence-corrected chi connectivity index (χ2v) is 6.31. The van der Waals surface area contributed by atoms with Gasteiger partial charge < -0.3 is 26.8 Å². The van der Waals surface area contributed by atoms with Crippen molar-refractivity contribution in [3.63, 3.8) is 0 Å². The molecule has 0 fully saturated rings. The normalized spacial score (nSPS) is 12.3. The number of amides is 2. The maximum absolute atomic E-state index is 12.5. The van der Waals surface area contributed by atoms with E-state index >= 15 is 0 Å². The van der Waals surface area contributed by atoms with Crippen molar-refractivity contribution in [1.29, 1.82) is 5.41 Å². The summed E-state index contributed by atoms with van der Waals surface area (Å²) in [5, 5.41) is 12.5. The summed E-state index contributed by atoms with van der Waals surface area (Å²) >= 11 is 0. The molecule has 0 saturated carbocycles. The second kappa shape index (κ2) is 10.7. The van der Waals surface area contributed by atoms with E-state index in [1.807, 2.05) is 0 Å². The molecule has 0 saturated heterocycles. The SMILES string of the molecule is CCOC(=O)CC(NC(=O)C(N)C(=O)Nc1ccc(C(=N)N)cc1)c1cccnc1. The first-order valence-electron chi connectivity index (χ1n) is 9.18. The number of nitrogen functional groups attached to an aromatic ring is 1. The van der Waals surface area contributed by atoms with E-state index in [-0.39, 0.29) is 18.9 Å². The van der Waals surface area contributed by atoms with Crippen LogP contribution < -0.4 is 22.1 Å². The molecule has 2 atom stereocenters. The minimum Gasteiger partial charge on any atom is -0.466 e. The van der Waals surface area contributed by atoms with Crippen molar-refractivity contribution in [2.24, 2.45) is 11.5 Å². The molecule has 158 valence electrons. The Balaban J connectivity index is 2.05. The maximum Gasteiger partial charge on any atom is 0.308 e. The lowest BCUT2D eigenvalue weighted by molar-refractivity contribution is -0.143. The third kappa shape index (κ3) is 6.38. The third-order valence-corrected chi connectivity index (χ3v) is 4.11. The van der Waals surface area contributed by atoms with Crippen LogP contribution in [0.25, 0.3) is 0 Å². The molecule has 1 aromatic carbocycles. The molecule has 2 unspecified atom stereocenters. The molecular weight excluding hydrogens is 388 g/mol. The van der Waals surface area contributed by atoms with Crippen molar-refractivity contribution in [1.82, 2.24) is 10.3 Å². The van der Waals surface area contributed by atoms with Crippen LogP contribution in [0.15, 0.2) is 48.8 Å². The highest BCUT2D eigenvalue weighted by molar-refractivity contribution is 6.10. The topological polar surface area (TPSA) is 173 Å². The molecule has 0 aliphatic heterocycles. The molecule has 0 radical (unpaired) electrons. The first-order chi connectivity index (χ1) is 14.3. The number of hydrogen-bond donors (Lipinski definition) is 5. The number of rotatable bonds is 9. The molecule has 0 aliphatic carbocycles. The summed E-state index contributed by atoms with van der Waals surface area (Å²) in [6.45, 7) is 1.88. The van der Waals surface area contributed by atoms with Crippen LogP contribution in [0.4, 0.5) is 5.69 Å². The zero-order valence-corrected chi connectivity index (χ0v) is 16.4. The van der Waals surface area contributed by atoms with Crippen LogP contribution >= 0.6 is 0 Å². The number of aromatic nitrogens is 1. The number of esters is 1. The van der Waals surface area contributed by atoms with Crippen LogP contribution in [0, 0.1) is 5.41 Å². The zero-order chi connectivity index (χ0) is 22.1. The number of amidine groups is 1. The van der Waals surface area contributed by atoms with E-state index in [9.17, 15) is 14.4 Å². The van der Waals surface area contributed by atoms with Crippen LogP contribution in [-0.2, 0) is 19.1 Å². The lowest BCUT2D eigenvalue weighted by Gasteiger charge is -2.20. The van der Waals surface area contributed by atoms with Crippen molar-refractivity contribution >= 4 is 29.3 Å². The van der Waals surface area contributed by atoms with Crippen LogP contribution in [0.3, 0.4) is 0 Å². The van der Waals surface area contributed by atoms with Gasteiger partial charge in [-0.05, 0) is 42.8 Å². The van der Waals surface area contributed by atoms with Crippen molar-refractivity contribution in [3.05, 3.63) is 59.9 Å². The Morgan fingerprint density at radius 1 is 1.17 bits per heavy atom. The minimum absolute atomic E-state index is 0.105. The molecule has 2 rings (SSSR count). The first-order valence-corrected chi connectivity index (χ1v) is 9.18. The number of hydrogen-bond acceptors (Lipinski definition) is 7. The van der Waals surface area contributed by atoms with Gasteiger partial charge in [0, 0.05) is 23.6 Å². The van der Waals surface area contributed by atoms with E-state index in [1.54, 1.807) is 49.5 Å². The summed E-state index contributed by atoms with van der Waals surface area (Å²) in [6.07, 6.45) is 2.93. The lowest BCUT2D eigenvalue weighted by atomic mass is 10.1. The van der Waals surface area contributed by atoms with E-state index in [0.717, 1.165) is 0 Å². The van der Waals surface area contributed by atoms with Crippen molar-refractivity contribution < 1.29 is 19.1 Å². The number of carbonyl (C=O) groups is 3. The van der Waals surface area contributed by atoms with Crippen LogP contribution in [0.1, 0.15) is 30.5 Å². The van der Waals surface area contributed by atoms with E-state index < -0.39 is 29.9 Å². The molecule has 1 aromatic heterocycles. The van der Waals surface area contributed by atoms with Gasteiger partial charge in [0.05, 0.1) is 19.1 Å². The Morgan fingerprint density at radius 3 is 2.43 bits per heavy atom. The average molecular weight is 412 g/mol. The molecule has 0 spiro atoms. The van der Waals surface area contributed by atoms with E-state index in [1.165, 1.54) is 6.20 Å². The Morgan fingerprint density at radius 2 is 1.87 bits per heavy atom. The van der Waals surface area contributed by atoms with Crippen LogP contribution in [0.2, 0.25) is 0 Å². The van der Waals surface area contributed by atoms with Gasteiger partial charge in [0.2, 0.25) is 5.91 Å². The summed E-state index contributed by atoms with van der Waals surface area (Å²) in [5.74, 6) is -2.10. The van der Waals surface area contributed by atoms with Gasteiger partial charge in [-0.3, -0.25) is 24.8 Å². The number of nitrogens with zero attached hydrogens (tertiary/aromatic N) is 1. The van der Waals surface area contributed by atoms with Gasteiger partial charge in [-0.2, -0.15) is 0 Å². The van der Waals surface area contributed by atoms with Crippen LogP contribution in [0.5, 0.6) is 0 Å². The smallest absolute Gasteiger partial charge is 0.308 e. The van der Waals surface area contributed by atoms with Gasteiger partial charge >= 0.3 is 5.97 Å². The van der Waals surface area contributed by atoms with Gasteiger partial charge in [-0.25, -0.2) is 0 Å². The van der Waals surface area contributed by atoms with E-state index in [0.29, 0.717) is 16.8 Å². The number of pyridine rings is 1. The molecule has 7 N–H and O–H groups in total. The highest BCUT2D eigenvalue weighted by Crippen LogP contribution is 2.17. The monoisotopic (exact) mass is 412 g/mol.